The first-order chi connectivity index (χ1) is 8.22. The van der Waals surface area contributed by atoms with E-state index in [0.717, 1.165) is 15.7 Å². The summed E-state index contributed by atoms with van der Waals surface area (Å²) < 4.78 is 3.00. The smallest absolute Gasteiger partial charge is 0.0951 e. The zero-order chi connectivity index (χ0) is 12.3. The summed E-state index contributed by atoms with van der Waals surface area (Å²) in [5.74, 6) is 0. The van der Waals surface area contributed by atoms with E-state index in [4.69, 9.17) is 10.8 Å². The van der Waals surface area contributed by atoms with Crippen LogP contribution in [0, 0.1) is 0 Å². The van der Waals surface area contributed by atoms with E-state index in [1.807, 2.05) is 28.8 Å². The molecule has 2 aromatic rings. The highest BCUT2D eigenvalue weighted by Gasteiger charge is 2.11. The molecule has 0 bridgehead atoms. The summed E-state index contributed by atoms with van der Waals surface area (Å²) in [6.45, 7) is 0.603. The largest absolute Gasteiger partial charge is 0.394 e. The van der Waals surface area contributed by atoms with E-state index in [-0.39, 0.29) is 12.6 Å². The number of halogens is 1. The molecule has 0 aliphatic rings. The Bertz CT molecular complexity index is 498. The van der Waals surface area contributed by atoms with Crippen LogP contribution in [0.3, 0.4) is 0 Å². The van der Waals surface area contributed by atoms with Gasteiger partial charge < -0.3 is 15.4 Å². The second kappa shape index (κ2) is 5.44. The standard InChI is InChI=1S/C12H14BrN3O/c13-10-4-2-1-3-9(10)6-16-8-15-5-12(16)11(14)7-17/h1-5,8,11,17H,6-7,14H2. The molecule has 1 heterocycles. The summed E-state index contributed by atoms with van der Waals surface area (Å²) in [5, 5.41) is 9.08. The van der Waals surface area contributed by atoms with Gasteiger partial charge in [-0.3, -0.25) is 0 Å². The van der Waals surface area contributed by atoms with Gasteiger partial charge in [-0.05, 0) is 11.6 Å². The minimum atomic E-state index is -0.389. The van der Waals surface area contributed by atoms with Gasteiger partial charge in [0, 0.05) is 17.2 Å². The van der Waals surface area contributed by atoms with Crippen LogP contribution >= 0.6 is 15.9 Å². The normalized spacial score (nSPS) is 12.6. The van der Waals surface area contributed by atoms with E-state index in [9.17, 15) is 0 Å². The van der Waals surface area contributed by atoms with Crippen LogP contribution in [0.4, 0.5) is 0 Å². The first kappa shape index (κ1) is 12.3. The minimum absolute atomic E-state index is 0.0817. The Labute approximate surface area is 108 Å². The molecule has 1 aromatic carbocycles. The molecule has 1 aromatic heterocycles. The van der Waals surface area contributed by atoms with Gasteiger partial charge in [-0.15, -0.1) is 0 Å². The fraction of sp³-hybridized carbons (Fsp3) is 0.250. The second-order valence-electron chi connectivity index (χ2n) is 3.83. The van der Waals surface area contributed by atoms with Gasteiger partial charge >= 0.3 is 0 Å². The van der Waals surface area contributed by atoms with Crippen molar-refractivity contribution in [1.29, 1.82) is 0 Å². The van der Waals surface area contributed by atoms with Crippen LogP contribution in [0.5, 0.6) is 0 Å². The van der Waals surface area contributed by atoms with Crippen molar-refractivity contribution in [3.8, 4) is 0 Å². The molecule has 0 amide bonds. The van der Waals surface area contributed by atoms with Gasteiger partial charge in [0.05, 0.1) is 24.7 Å². The van der Waals surface area contributed by atoms with Crippen molar-refractivity contribution in [2.75, 3.05) is 6.61 Å². The van der Waals surface area contributed by atoms with E-state index < -0.39 is 0 Å². The molecule has 5 heteroatoms. The molecule has 0 fully saturated rings. The Morgan fingerprint density at radius 1 is 1.41 bits per heavy atom. The molecule has 0 spiro atoms. The molecule has 0 saturated carbocycles. The number of hydrogen-bond donors (Lipinski definition) is 2. The third-order valence-corrected chi connectivity index (χ3v) is 3.39. The molecule has 0 aliphatic heterocycles. The lowest BCUT2D eigenvalue weighted by Gasteiger charge is -2.13. The number of imidazole rings is 1. The number of nitrogens with two attached hydrogens (primary N) is 1. The van der Waals surface area contributed by atoms with Crippen molar-refractivity contribution in [3.05, 3.63) is 52.5 Å². The number of benzene rings is 1. The van der Waals surface area contributed by atoms with Crippen LogP contribution in [0.15, 0.2) is 41.3 Å². The molecule has 17 heavy (non-hydrogen) atoms. The quantitative estimate of drug-likeness (QED) is 0.902. The Morgan fingerprint density at radius 2 is 2.18 bits per heavy atom. The Kier molecular flexibility index (Phi) is 3.93. The van der Waals surface area contributed by atoms with Crippen molar-refractivity contribution in [1.82, 2.24) is 9.55 Å². The average Bonchev–Trinajstić information content (AvgIpc) is 2.79. The van der Waals surface area contributed by atoms with Gasteiger partial charge in [0.2, 0.25) is 0 Å². The summed E-state index contributed by atoms with van der Waals surface area (Å²) >= 11 is 3.51. The van der Waals surface area contributed by atoms with Crippen molar-refractivity contribution in [3.63, 3.8) is 0 Å². The first-order valence-electron chi connectivity index (χ1n) is 5.32. The van der Waals surface area contributed by atoms with E-state index in [0.29, 0.717) is 6.54 Å². The van der Waals surface area contributed by atoms with Gasteiger partial charge in [-0.1, -0.05) is 34.1 Å². The number of hydrogen-bond acceptors (Lipinski definition) is 3. The summed E-state index contributed by atoms with van der Waals surface area (Å²) in [6.07, 6.45) is 3.42. The topological polar surface area (TPSA) is 64.1 Å². The van der Waals surface area contributed by atoms with Crippen LogP contribution < -0.4 is 5.73 Å². The van der Waals surface area contributed by atoms with Crippen molar-refractivity contribution < 1.29 is 5.11 Å². The molecule has 0 aliphatic carbocycles. The Hall–Kier alpha value is -1.17. The highest BCUT2D eigenvalue weighted by molar-refractivity contribution is 9.10. The number of aliphatic hydroxyl groups excluding tert-OH is 1. The van der Waals surface area contributed by atoms with Gasteiger partial charge in [0.1, 0.15) is 0 Å². The van der Waals surface area contributed by atoms with Crippen LogP contribution in [0.25, 0.3) is 0 Å². The van der Waals surface area contributed by atoms with Gasteiger partial charge in [0.25, 0.3) is 0 Å². The maximum atomic E-state index is 9.08. The van der Waals surface area contributed by atoms with Crippen LogP contribution in [0.1, 0.15) is 17.3 Å². The van der Waals surface area contributed by atoms with Crippen LogP contribution in [-0.4, -0.2) is 21.3 Å². The zero-order valence-electron chi connectivity index (χ0n) is 9.25. The Balaban J connectivity index is 2.25. The lowest BCUT2D eigenvalue weighted by molar-refractivity contribution is 0.263. The predicted octanol–water partition coefficient (Wildman–Crippen LogP) is 1.69. The minimum Gasteiger partial charge on any atom is -0.394 e. The Morgan fingerprint density at radius 3 is 2.88 bits per heavy atom. The molecular formula is C12H14BrN3O. The van der Waals surface area contributed by atoms with E-state index in [2.05, 4.69) is 20.9 Å². The van der Waals surface area contributed by atoms with E-state index in [1.54, 1.807) is 12.5 Å². The first-order valence-corrected chi connectivity index (χ1v) is 6.11. The number of aromatic nitrogens is 2. The van der Waals surface area contributed by atoms with Gasteiger partial charge in [-0.2, -0.15) is 0 Å². The van der Waals surface area contributed by atoms with Crippen LogP contribution in [-0.2, 0) is 6.54 Å². The zero-order valence-corrected chi connectivity index (χ0v) is 10.8. The molecule has 3 N–H and O–H groups in total. The third kappa shape index (κ3) is 2.74. The average molecular weight is 296 g/mol. The second-order valence-corrected chi connectivity index (χ2v) is 4.68. The number of aliphatic hydroxyl groups is 1. The number of nitrogens with zero attached hydrogens (tertiary/aromatic N) is 2. The molecule has 1 atom stereocenters. The SMILES string of the molecule is NC(CO)c1cncn1Cc1ccccc1Br. The van der Waals surface area contributed by atoms with Crippen molar-refractivity contribution >= 4 is 15.9 Å². The highest BCUT2D eigenvalue weighted by atomic mass is 79.9. The summed E-state index contributed by atoms with van der Waals surface area (Å²) in [6, 6.07) is 7.61. The van der Waals surface area contributed by atoms with E-state index >= 15 is 0 Å². The van der Waals surface area contributed by atoms with Crippen molar-refractivity contribution in [2.24, 2.45) is 5.73 Å². The molecule has 4 nitrogen and oxygen atoms in total. The molecule has 0 radical (unpaired) electrons. The number of rotatable bonds is 4. The van der Waals surface area contributed by atoms with Crippen LogP contribution in [0.2, 0.25) is 0 Å². The molecule has 0 saturated heterocycles. The summed E-state index contributed by atoms with van der Waals surface area (Å²) in [7, 11) is 0. The highest BCUT2D eigenvalue weighted by Crippen LogP contribution is 2.19. The third-order valence-electron chi connectivity index (χ3n) is 2.62. The molecule has 1 unspecified atom stereocenters. The maximum absolute atomic E-state index is 9.08. The monoisotopic (exact) mass is 295 g/mol. The lowest BCUT2D eigenvalue weighted by atomic mass is 10.2. The lowest BCUT2D eigenvalue weighted by Crippen LogP contribution is -2.19. The van der Waals surface area contributed by atoms with Gasteiger partial charge in [-0.25, -0.2) is 4.98 Å². The summed E-state index contributed by atoms with van der Waals surface area (Å²) in [4.78, 5) is 4.07. The van der Waals surface area contributed by atoms with Gasteiger partial charge in [0.15, 0.2) is 0 Å². The molecular weight excluding hydrogens is 282 g/mol. The predicted molar refractivity (Wildman–Crippen MR) is 69.5 cm³/mol. The molecule has 2 rings (SSSR count). The fourth-order valence-electron chi connectivity index (χ4n) is 1.68. The fourth-order valence-corrected chi connectivity index (χ4v) is 2.09. The maximum Gasteiger partial charge on any atom is 0.0951 e. The molecule has 90 valence electrons. The van der Waals surface area contributed by atoms with E-state index in [1.165, 1.54) is 0 Å². The summed E-state index contributed by atoms with van der Waals surface area (Å²) in [5.41, 5.74) is 7.79. The van der Waals surface area contributed by atoms with Crippen molar-refractivity contribution in [2.45, 2.75) is 12.6 Å².